The summed E-state index contributed by atoms with van der Waals surface area (Å²) in [6, 6.07) is -0.438. The predicted molar refractivity (Wildman–Crippen MR) is 72.8 cm³/mol. The number of amides is 2. The van der Waals surface area contributed by atoms with E-state index < -0.39 is 0 Å². The summed E-state index contributed by atoms with van der Waals surface area (Å²) in [4.78, 5) is 15.9. The number of urea groups is 1. The summed E-state index contributed by atoms with van der Waals surface area (Å²) in [6.45, 7) is 4.47. The fraction of sp³-hybridized carbons (Fsp3) is 0.500. The number of nitrogens with one attached hydrogen (secondary N) is 2. The second-order valence-electron chi connectivity index (χ2n) is 4.80. The molecular weight excluding hydrogens is 258 g/mol. The number of carbonyl (C=O) groups excluding carboxylic acids is 1. The molecule has 0 spiro atoms. The molecule has 0 aliphatic heterocycles. The molecular formula is C12H19N7O. The first-order valence-corrected chi connectivity index (χ1v) is 6.43. The van der Waals surface area contributed by atoms with Gasteiger partial charge in [0.15, 0.2) is 5.82 Å². The highest BCUT2D eigenvalue weighted by Crippen LogP contribution is 2.06. The lowest BCUT2D eigenvalue weighted by molar-refractivity contribution is 0.233. The summed E-state index contributed by atoms with van der Waals surface area (Å²) in [6.07, 6.45) is 6.90. The van der Waals surface area contributed by atoms with Gasteiger partial charge < -0.3 is 19.8 Å². The lowest BCUT2D eigenvalue weighted by Gasteiger charge is -2.18. The van der Waals surface area contributed by atoms with E-state index >= 15 is 0 Å². The number of imidazole rings is 1. The molecule has 2 atom stereocenters. The molecule has 2 amide bonds. The minimum atomic E-state index is -0.229. The van der Waals surface area contributed by atoms with Gasteiger partial charge in [0.25, 0.3) is 0 Å². The normalized spacial score (nSPS) is 13.8. The summed E-state index contributed by atoms with van der Waals surface area (Å²) in [5, 5.41) is 13.5. The molecule has 0 bridgehead atoms. The molecule has 0 aliphatic rings. The van der Waals surface area contributed by atoms with Gasteiger partial charge in [0.05, 0.1) is 12.4 Å². The van der Waals surface area contributed by atoms with Gasteiger partial charge >= 0.3 is 6.03 Å². The molecule has 20 heavy (non-hydrogen) atoms. The minimum Gasteiger partial charge on any atom is -0.335 e. The van der Waals surface area contributed by atoms with Crippen LogP contribution in [0.25, 0.3) is 0 Å². The third-order valence-corrected chi connectivity index (χ3v) is 2.90. The first-order chi connectivity index (χ1) is 9.56. The average molecular weight is 277 g/mol. The van der Waals surface area contributed by atoms with Crippen LogP contribution in [0.15, 0.2) is 25.0 Å². The van der Waals surface area contributed by atoms with E-state index in [0.29, 0.717) is 12.4 Å². The van der Waals surface area contributed by atoms with Crippen molar-refractivity contribution in [3.05, 3.63) is 30.9 Å². The Bertz CT molecular complexity index is 548. The second kappa shape index (κ2) is 6.18. The zero-order valence-electron chi connectivity index (χ0n) is 11.8. The zero-order chi connectivity index (χ0) is 14.5. The Labute approximate surface area is 117 Å². The Morgan fingerprint density at radius 2 is 2.15 bits per heavy atom. The number of aromatic nitrogens is 5. The third-order valence-electron chi connectivity index (χ3n) is 2.90. The SMILES string of the molecule is C[C@H](Cn1ccnc1)NC(=O)N[C@@H](C)c1nncn1C. The number of rotatable bonds is 5. The molecule has 2 aromatic heterocycles. The van der Waals surface area contributed by atoms with Gasteiger partial charge in [-0.15, -0.1) is 10.2 Å². The highest BCUT2D eigenvalue weighted by atomic mass is 16.2. The van der Waals surface area contributed by atoms with Gasteiger partial charge in [0.2, 0.25) is 0 Å². The van der Waals surface area contributed by atoms with E-state index in [2.05, 4.69) is 25.8 Å². The van der Waals surface area contributed by atoms with Gasteiger partial charge in [-0.05, 0) is 13.8 Å². The maximum absolute atomic E-state index is 11.9. The number of hydrogen-bond acceptors (Lipinski definition) is 4. The van der Waals surface area contributed by atoms with Gasteiger partial charge in [0.1, 0.15) is 6.33 Å². The Balaban J connectivity index is 1.81. The fourth-order valence-electron chi connectivity index (χ4n) is 1.97. The molecule has 8 heteroatoms. The quantitative estimate of drug-likeness (QED) is 0.831. The largest absolute Gasteiger partial charge is 0.335 e. The monoisotopic (exact) mass is 277 g/mol. The van der Waals surface area contributed by atoms with Crippen molar-refractivity contribution in [2.24, 2.45) is 7.05 Å². The summed E-state index contributed by atoms with van der Waals surface area (Å²) in [5.41, 5.74) is 0. The second-order valence-corrected chi connectivity index (χ2v) is 4.80. The molecule has 0 aliphatic carbocycles. The molecule has 0 fully saturated rings. The van der Waals surface area contributed by atoms with E-state index in [1.54, 1.807) is 23.4 Å². The highest BCUT2D eigenvalue weighted by Gasteiger charge is 2.15. The third kappa shape index (κ3) is 3.56. The Hall–Kier alpha value is -2.38. The smallest absolute Gasteiger partial charge is 0.315 e. The van der Waals surface area contributed by atoms with Crippen molar-refractivity contribution in [2.45, 2.75) is 32.5 Å². The van der Waals surface area contributed by atoms with Crippen molar-refractivity contribution in [1.29, 1.82) is 0 Å². The average Bonchev–Trinajstić information content (AvgIpc) is 2.99. The van der Waals surface area contributed by atoms with E-state index in [0.717, 1.165) is 0 Å². The molecule has 108 valence electrons. The molecule has 0 saturated carbocycles. The first kappa shape index (κ1) is 14.0. The zero-order valence-corrected chi connectivity index (χ0v) is 11.8. The number of nitrogens with zero attached hydrogens (tertiary/aromatic N) is 5. The lowest BCUT2D eigenvalue weighted by atomic mass is 10.3. The number of hydrogen-bond donors (Lipinski definition) is 2. The van der Waals surface area contributed by atoms with Crippen molar-refractivity contribution in [3.63, 3.8) is 0 Å². The molecule has 0 saturated heterocycles. The minimum absolute atomic E-state index is 0.00380. The molecule has 2 rings (SSSR count). The van der Waals surface area contributed by atoms with E-state index in [4.69, 9.17) is 0 Å². The van der Waals surface area contributed by atoms with Crippen LogP contribution in [0.1, 0.15) is 25.7 Å². The molecule has 0 radical (unpaired) electrons. The molecule has 2 heterocycles. The summed E-state index contributed by atoms with van der Waals surface area (Å²) >= 11 is 0. The van der Waals surface area contributed by atoms with Gasteiger partial charge in [-0.25, -0.2) is 9.78 Å². The van der Waals surface area contributed by atoms with Crippen molar-refractivity contribution in [1.82, 2.24) is 34.9 Å². The Kier molecular flexibility index (Phi) is 4.34. The van der Waals surface area contributed by atoms with Gasteiger partial charge in [-0.2, -0.15) is 0 Å². The van der Waals surface area contributed by atoms with Gasteiger partial charge in [-0.1, -0.05) is 0 Å². The van der Waals surface area contributed by atoms with Crippen LogP contribution in [0.2, 0.25) is 0 Å². The summed E-state index contributed by atoms with van der Waals surface area (Å²) in [5.74, 6) is 0.711. The van der Waals surface area contributed by atoms with Crippen LogP contribution in [-0.2, 0) is 13.6 Å². The molecule has 2 N–H and O–H groups in total. The fourth-order valence-corrected chi connectivity index (χ4v) is 1.97. The van der Waals surface area contributed by atoms with Gasteiger partial charge in [0, 0.05) is 32.0 Å². The summed E-state index contributed by atoms with van der Waals surface area (Å²) < 4.78 is 3.69. The topological polar surface area (TPSA) is 89.7 Å². The van der Waals surface area contributed by atoms with Crippen molar-refractivity contribution < 1.29 is 4.79 Å². The molecule has 2 aromatic rings. The lowest BCUT2D eigenvalue weighted by Crippen LogP contribution is -2.43. The molecule has 0 unspecified atom stereocenters. The van der Waals surface area contributed by atoms with Crippen LogP contribution < -0.4 is 10.6 Å². The maximum Gasteiger partial charge on any atom is 0.315 e. The van der Waals surface area contributed by atoms with E-state index in [1.807, 2.05) is 31.7 Å². The van der Waals surface area contributed by atoms with Crippen molar-refractivity contribution >= 4 is 6.03 Å². The standard InChI is InChI=1S/C12H19N7O/c1-9(6-19-5-4-13-7-19)15-12(20)16-10(2)11-17-14-8-18(11)3/h4-5,7-10H,6H2,1-3H3,(H2,15,16,20)/t9-,10+/m1/s1. The van der Waals surface area contributed by atoms with Gasteiger partial charge in [-0.3, -0.25) is 0 Å². The predicted octanol–water partition coefficient (Wildman–Crippen LogP) is 0.460. The Morgan fingerprint density at radius 1 is 1.35 bits per heavy atom. The van der Waals surface area contributed by atoms with E-state index in [9.17, 15) is 4.79 Å². The van der Waals surface area contributed by atoms with Crippen LogP contribution >= 0.6 is 0 Å². The van der Waals surface area contributed by atoms with Crippen LogP contribution in [0, 0.1) is 0 Å². The maximum atomic E-state index is 11.9. The molecule has 0 aromatic carbocycles. The van der Waals surface area contributed by atoms with E-state index in [-0.39, 0.29) is 18.1 Å². The van der Waals surface area contributed by atoms with Crippen LogP contribution in [-0.4, -0.2) is 36.4 Å². The highest BCUT2D eigenvalue weighted by molar-refractivity contribution is 5.74. The number of aryl methyl sites for hydroxylation is 1. The van der Waals surface area contributed by atoms with E-state index in [1.165, 1.54) is 0 Å². The van der Waals surface area contributed by atoms with Crippen LogP contribution in [0.4, 0.5) is 4.79 Å². The molecule has 8 nitrogen and oxygen atoms in total. The Morgan fingerprint density at radius 3 is 2.75 bits per heavy atom. The summed E-state index contributed by atoms with van der Waals surface area (Å²) in [7, 11) is 1.84. The van der Waals surface area contributed by atoms with Crippen molar-refractivity contribution in [3.8, 4) is 0 Å². The number of carbonyl (C=O) groups is 1. The van der Waals surface area contributed by atoms with Crippen LogP contribution in [0.3, 0.4) is 0 Å². The first-order valence-electron chi connectivity index (χ1n) is 6.43. The van der Waals surface area contributed by atoms with Crippen molar-refractivity contribution in [2.75, 3.05) is 0 Å². The van der Waals surface area contributed by atoms with Crippen LogP contribution in [0.5, 0.6) is 0 Å².